The lowest BCUT2D eigenvalue weighted by Gasteiger charge is -2.31. The third-order valence-electron chi connectivity index (χ3n) is 5.95. The Morgan fingerprint density at radius 2 is 2.15 bits per heavy atom. The highest BCUT2D eigenvalue weighted by atomic mass is 16.2. The minimum atomic E-state index is 0. The third-order valence-corrected chi connectivity index (χ3v) is 5.95. The van der Waals surface area contributed by atoms with Gasteiger partial charge in [0.1, 0.15) is 0 Å². The Balaban J connectivity index is 0.00000180. The highest BCUT2D eigenvalue weighted by Gasteiger charge is 2.39. The maximum Gasteiger partial charge on any atom is 0.254 e. The van der Waals surface area contributed by atoms with E-state index < -0.39 is 0 Å². The molecule has 2 heterocycles. The van der Waals surface area contributed by atoms with Crippen molar-refractivity contribution in [3.63, 3.8) is 0 Å². The van der Waals surface area contributed by atoms with Crippen LogP contribution in [-0.4, -0.2) is 33.4 Å². The number of benzene rings is 2. The van der Waals surface area contributed by atoms with E-state index in [4.69, 9.17) is 5.73 Å². The van der Waals surface area contributed by atoms with Gasteiger partial charge in [0.25, 0.3) is 5.91 Å². The molecule has 0 radical (unpaired) electrons. The summed E-state index contributed by atoms with van der Waals surface area (Å²) >= 11 is 0. The minimum Gasteiger partial charge on any atom is -0.399 e. The smallest absolute Gasteiger partial charge is 0.254 e. The molecular formula is C21H24N4O. The zero-order valence-corrected chi connectivity index (χ0v) is 14.6. The molecule has 2 aliphatic rings. The van der Waals surface area contributed by atoms with Crippen LogP contribution in [0, 0.1) is 0 Å². The molecule has 1 amide bonds. The number of likely N-dealkylation sites (tertiary alicyclic amines) is 1. The second-order valence-electron chi connectivity index (χ2n) is 7.47. The van der Waals surface area contributed by atoms with Gasteiger partial charge in [-0.05, 0) is 60.7 Å². The highest BCUT2D eigenvalue weighted by Crippen LogP contribution is 2.42. The van der Waals surface area contributed by atoms with Gasteiger partial charge in [0.2, 0.25) is 0 Å². The van der Waals surface area contributed by atoms with Gasteiger partial charge in [-0.1, -0.05) is 12.5 Å². The number of amides is 1. The zero-order chi connectivity index (χ0) is 17.7. The lowest BCUT2D eigenvalue weighted by atomic mass is 9.93. The van der Waals surface area contributed by atoms with Crippen LogP contribution in [0.5, 0.6) is 0 Å². The predicted molar refractivity (Wildman–Crippen MR) is 104 cm³/mol. The number of carbonyl (C=O) groups is 1. The Hall–Kier alpha value is -2.82. The summed E-state index contributed by atoms with van der Waals surface area (Å²) in [5.41, 5.74) is 12.0. The second-order valence-corrected chi connectivity index (χ2v) is 7.47. The first kappa shape index (κ1) is 15.4. The molecule has 1 aromatic heterocycles. The van der Waals surface area contributed by atoms with Gasteiger partial charge in [-0.3, -0.25) is 4.79 Å². The topological polar surface area (TPSA) is 75.0 Å². The Bertz CT molecular complexity index is 999. The number of nitrogens with two attached hydrogens (primary N) is 1. The molecule has 26 heavy (non-hydrogen) atoms. The van der Waals surface area contributed by atoms with E-state index >= 15 is 0 Å². The summed E-state index contributed by atoms with van der Waals surface area (Å²) in [5.74, 6) is 0.548. The van der Waals surface area contributed by atoms with E-state index in [0.29, 0.717) is 5.92 Å². The number of anilines is 1. The number of rotatable bonds is 1. The van der Waals surface area contributed by atoms with Crippen molar-refractivity contribution >= 4 is 22.6 Å². The monoisotopic (exact) mass is 348 g/mol. The van der Waals surface area contributed by atoms with Crippen LogP contribution in [0.4, 0.5) is 5.69 Å². The molecule has 1 aliphatic carbocycles. The minimum absolute atomic E-state index is 0. The number of fused-ring (bicyclic) bond motifs is 4. The molecule has 5 rings (SSSR count). The van der Waals surface area contributed by atoms with Gasteiger partial charge >= 0.3 is 0 Å². The van der Waals surface area contributed by atoms with Crippen molar-refractivity contribution in [1.29, 1.82) is 0 Å². The molecule has 3 N–H and O–H groups in total. The van der Waals surface area contributed by atoms with Crippen LogP contribution in [0.3, 0.4) is 0 Å². The molecule has 2 aromatic carbocycles. The van der Waals surface area contributed by atoms with Crippen molar-refractivity contribution in [2.45, 2.75) is 37.6 Å². The molecule has 3 aromatic rings. The predicted octanol–water partition coefficient (Wildman–Crippen LogP) is 3.73. The zero-order valence-electron chi connectivity index (χ0n) is 14.6. The first-order valence-electron chi connectivity index (χ1n) is 9.33. The molecule has 0 saturated carbocycles. The lowest BCUT2D eigenvalue weighted by Crippen LogP contribution is -2.42. The molecule has 0 unspecified atom stereocenters. The number of aromatic amines is 1. The van der Waals surface area contributed by atoms with Gasteiger partial charge in [0, 0.05) is 31.2 Å². The Labute approximate surface area is 153 Å². The van der Waals surface area contributed by atoms with Gasteiger partial charge in [0.05, 0.1) is 17.4 Å². The maximum atomic E-state index is 13.3. The number of aromatic nitrogens is 2. The van der Waals surface area contributed by atoms with E-state index in [-0.39, 0.29) is 13.4 Å². The van der Waals surface area contributed by atoms with Crippen LogP contribution in [0.15, 0.2) is 42.7 Å². The van der Waals surface area contributed by atoms with Crippen molar-refractivity contribution in [2.75, 3.05) is 12.3 Å². The van der Waals surface area contributed by atoms with Crippen molar-refractivity contribution in [3.8, 4) is 0 Å². The molecule has 0 bridgehead atoms. The average Bonchev–Trinajstić information content (AvgIpc) is 3.19. The van der Waals surface area contributed by atoms with Crippen LogP contribution >= 0.6 is 0 Å². The number of imidazole rings is 1. The molecule has 1 saturated heterocycles. The van der Waals surface area contributed by atoms with Gasteiger partial charge < -0.3 is 15.6 Å². The fourth-order valence-electron chi connectivity index (χ4n) is 4.71. The molecule has 1 fully saturated rings. The Morgan fingerprint density at radius 1 is 1.23 bits per heavy atom. The van der Waals surface area contributed by atoms with Crippen LogP contribution in [-0.2, 0) is 6.42 Å². The number of hydrogen-bond acceptors (Lipinski definition) is 3. The van der Waals surface area contributed by atoms with Crippen LogP contribution in [0.1, 0.15) is 48.1 Å². The largest absolute Gasteiger partial charge is 0.399 e. The quantitative estimate of drug-likeness (QED) is 0.658. The first-order valence-corrected chi connectivity index (χ1v) is 9.33. The van der Waals surface area contributed by atoms with E-state index in [1.165, 1.54) is 11.1 Å². The summed E-state index contributed by atoms with van der Waals surface area (Å²) in [4.78, 5) is 22.8. The Kier molecular flexibility index (Phi) is 3.48. The fourth-order valence-corrected chi connectivity index (χ4v) is 4.71. The normalized spacial score (nSPS) is 22.1. The summed E-state index contributed by atoms with van der Waals surface area (Å²) in [6.07, 6.45) is 5.94. The standard InChI is InChI=1S/C21H22N4O.H2/c22-15-5-6-16-14(9-15)11-20-17(16)3-1-2-8-25(20)21(26)13-4-7-18-19(10-13)24-12-23-18;/h4-7,9-10,12,17,20H,1-3,8,11,22H2,(H,23,24);1H/t17-,20+;/m1./s1. The number of carbonyl (C=O) groups excluding carboxylic acids is 1. The first-order chi connectivity index (χ1) is 12.7. The van der Waals surface area contributed by atoms with E-state index in [1.54, 1.807) is 6.33 Å². The third kappa shape index (κ3) is 2.38. The highest BCUT2D eigenvalue weighted by molar-refractivity contribution is 5.97. The molecule has 0 spiro atoms. The SMILES string of the molecule is Nc1ccc2c(c1)C[C@H]1[C@@H]2CCCCN1C(=O)c1ccc2nc[nH]c2c1.[HH]. The summed E-state index contributed by atoms with van der Waals surface area (Å²) in [6.45, 7) is 0.824. The lowest BCUT2D eigenvalue weighted by molar-refractivity contribution is 0.0676. The number of H-pyrrole nitrogens is 1. The van der Waals surface area contributed by atoms with Crippen LogP contribution < -0.4 is 5.73 Å². The maximum absolute atomic E-state index is 13.3. The van der Waals surface area contributed by atoms with Gasteiger partial charge in [-0.2, -0.15) is 0 Å². The number of hydrogen-bond donors (Lipinski definition) is 2. The molecule has 5 heteroatoms. The number of nitrogen functional groups attached to an aromatic ring is 1. The van der Waals surface area contributed by atoms with Gasteiger partial charge in [0.15, 0.2) is 0 Å². The van der Waals surface area contributed by atoms with Crippen molar-refractivity contribution in [1.82, 2.24) is 14.9 Å². The molecule has 2 atom stereocenters. The Morgan fingerprint density at radius 3 is 3.08 bits per heavy atom. The molecule has 5 nitrogen and oxygen atoms in total. The average molecular weight is 348 g/mol. The van der Waals surface area contributed by atoms with Crippen LogP contribution in [0.25, 0.3) is 11.0 Å². The van der Waals surface area contributed by atoms with Crippen molar-refractivity contribution < 1.29 is 6.22 Å². The van der Waals surface area contributed by atoms with Gasteiger partial charge in [-0.15, -0.1) is 0 Å². The second kappa shape index (κ2) is 5.87. The summed E-state index contributed by atoms with van der Waals surface area (Å²) < 4.78 is 0. The fraction of sp³-hybridized carbons (Fsp3) is 0.333. The summed E-state index contributed by atoms with van der Waals surface area (Å²) in [7, 11) is 0. The van der Waals surface area contributed by atoms with E-state index in [1.807, 2.05) is 24.3 Å². The van der Waals surface area contributed by atoms with E-state index in [0.717, 1.165) is 54.5 Å². The van der Waals surface area contributed by atoms with E-state index in [2.05, 4.69) is 27.0 Å². The summed E-state index contributed by atoms with van der Waals surface area (Å²) in [6, 6.07) is 12.2. The summed E-state index contributed by atoms with van der Waals surface area (Å²) in [5, 5.41) is 0. The molecule has 134 valence electrons. The van der Waals surface area contributed by atoms with Crippen molar-refractivity contribution in [2.24, 2.45) is 0 Å². The van der Waals surface area contributed by atoms with E-state index in [9.17, 15) is 4.79 Å². The molecule has 1 aliphatic heterocycles. The molecular weight excluding hydrogens is 324 g/mol. The number of nitrogens with zero attached hydrogens (tertiary/aromatic N) is 2. The van der Waals surface area contributed by atoms with Crippen molar-refractivity contribution in [3.05, 3.63) is 59.4 Å². The van der Waals surface area contributed by atoms with Crippen LogP contribution in [0.2, 0.25) is 0 Å². The number of nitrogens with one attached hydrogen (secondary N) is 1. The van der Waals surface area contributed by atoms with Gasteiger partial charge in [-0.25, -0.2) is 4.98 Å².